The molecular weight excluding hydrogens is 464 g/mol. The van der Waals surface area contributed by atoms with Crippen molar-refractivity contribution < 1.29 is 37.0 Å². The molecule has 11 heteroatoms. The molecule has 2 unspecified atom stereocenters. The lowest BCUT2D eigenvalue weighted by atomic mass is 10.2. The molecule has 2 amide bonds. The number of nitrogens with one attached hydrogen (secondary N) is 1. The summed E-state index contributed by atoms with van der Waals surface area (Å²) in [5.74, 6) is -2.06. The van der Waals surface area contributed by atoms with Crippen LogP contribution in [0.15, 0.2) is 53.4 Å². The summed E-state index contributed by atoms with van der Waals surface area (Å²) in [5, 5.41) is 2.12. The highest BCUT2D eigenvalue weighted by molar-refractivity contribution is 7.89. The van der Waals surface area contributed by atoms with Gasteiger partial charge in [0.25, 0.3) is 11.8 Å². The number of benzene rings is 2. The second kappa shape index (κ2) is 10.8. The minimum Gasteiger partial charge on any atom is -0.496 e. The number of ether oxygens (including phenoxy) is 3. The van der Waals surface area contributed by atoms with Gasteiger partial charge in [0.05, 0.1) is 35.3 Å². The Balaban J connectivity index is 1.57. The number of morpholine rings is 1. The van der Waals surface area contributed by atoms with E-state index >= 15 is 0 Å². The Bertz CT molecular complexity index is 1150. The summed E-state index contributed by atoms with van der Waals surface area (Å²) >= 11 is 0. The largest absolute Gasteiger partial charge is 0.496 e. The molecule has 1 fully saturated rings. The van der Waals surface area contributed by atoms with Crippen LogP contribution in [-0.4, -0.2) is 69.5 Å². The Labute approximate surface area is 197 Å². The molecule has 0 aliphatic carbocycles. The first-order valence-electron chi connectivity index (χ1n) is 10.5. The number of esters is 1. The summed E-state index contributed by atoms with van der Waals surface area (Å²) < 4.78 is 42.7. The third-order valence-electron chi connectivity index (χ3n) is 5.05. The standard InChI is InChI=1S/C23H26N2O8S/c1-15-12-25(13-16(2)33-15)34(29,30)18-10-8-17(9-11-18)23(28)32-14-21(26)24-22(27)19-6-4-5-7-20(19)31-3/h4-11,15-16H,12-14H2,1-3H3,(H,24,26,27). The van der Waals surface area contributed by atoms with Crippen molar-refractivity contribution >= 4 is 27.8 Å². The number of imide groups is 1. The van der Waals surface area contributed by atoms with Gasteiger partial charge in [-0.05, 0) is 50.2 Å². The summed E-state index contributed by atoms with van der Waals surface area (Å²) in [6.07, 6.45) is -0.456. The quantitative estimate of drug-likeness (QED) is 0.580. The number of rotatable bonds is 7. The molecule has 182 valence electrons. The Morgan fingerprint density at radius 1 is 1.03 bits per heavy atom. The van der Waals surface area contributed by atoms with E-state index in [4.69, 9.17) is 14.2 Å². The van der Waals surface area contributed by atoms with Crippen molar-refractivity contribution in [3.63, 3.8) is 0 Å². The number of amides is 2. The maximum absolute atomic E-state index is 12.9. The molecule has 10 nitrogen and oxygen atoms in total. The predicted octanol–water partition coefficient (Wildman–Crippen LogP) is 1.61. The normalized spacial score (nSPS) is 18.7. The Kier molecular flexibility index (Phi) is 8.02. The zero-order chi connectivity index (χ0) is 24.9. The van der Waals surface area contributed by atoms with E-state index in [9.17, 15) is 22.8 Å². The molecule has 0 spiro atoms. The van der Waals surface area contributed by atoms with Crippen LogP contribution < -0.4 is 10.1 Å². The second-order valence-corrected chi connectivity index (χ2v) is 9.70. The highest BCUT2D eigenvalue weighted by atomic mass is 32.2. The van der Waals surface area contributed by atoms with Crippen LogP contribution in [0.5, 0.6) is 5.75 Å². The van der Waals surface area contributed by atoms with Crippen LogP contribution in [0.2, 0.25) is 0 Å². The fourth-order valence-corrected chi connectivity index (χ4v) is 5.11. The van der Waals surface area contributed by atoms with Gasteiger partial charge in [-0.25, -0.2) is 13.2 Å². The van der Waals surface area contributed by atoms with Crippen molar-refractivity contribution in [2.45, 2.75) is 31.0 Å². The molecule has 1 aliphatic rings. The van der Waals surface area contributed by atoms with E-state index in [1.54, 1.807) is 32.0 Å². The lowest BCUT2D eigenvalue weighted by Gasteiger charge is -2.34. The fourth-order valence-electron chi connectivity index (χ4n) is 3.52. The number of hydrogen-bond acceptors (Lipinski definition) is 8. The number of sulfonamides is 1. The highest BCUT2D eigenvalue weighted by Crippen LogP contribution is 2.22. The average molecular weight is 491 g/mol. The molecule has 2 aromatic rings. The Hall–Kier alpha value is -3.28. The van der Waals surface area contributed by atoms with E-state index in [1.165, 1.54) is 41.7 Å². The van der Waals surface area contributed by atoms with E-state index in [0.717, 1.165) is 0 Å². The van der Waals surface area contributed by atoms with Gasteiger partial charge in [-0.15, -0.1) is 0 Å². The third-order valence-corrected chi connectivity index (χ3v) is 6.90. The maximum Gasteiger partial charge on any atom is 0.338 e. The number of carbonyl (C=O) groups excluding carboxylic acids is 3. The van der Waals surface area contributed by atoms with Gasteiger partial charge in [-0.3, -0.25) is 14.9 Å². The summed E-state index contributed by atoms with van der Waals surface area (Å²) in [7, 11) is -2.36. The summed E-state index contributed by atoms with van der Waals surface area (Å²) in [5.41, 5.74) is 0.219. The zero-order valence-electron chi connectivity index (χ0n) is 19.0. The van der Waals surface area contributed by atoms with Crippen LogP contribution >= 0.6 is 0 Å². The molecule has 1 aliphatic heterocycles. The lowest BCUT2D eigenvalue weighted by molar-refractivity contribution is -0.123. The molecule has 0 bridgehead atoms. The van der Waals surface area contributed by atoms with E-state index in [2.05, 4.69) is 5.32 Å². The Morgan fingerprint density at radius 2 is 1.65 bits per heavy atom. The van der Waals surface area contributed by atoms with Gasteiger partial charge in [-0.2, -0.15) is 4.31 Å². The number of methoxy groups -OCH3 is 1. The number of para-hydroxylation sites is 1. The van der Waals surface area contributed by atoms with Crippen molar-refractivity contribution in [3.8, 4) is 5.75 Å². The van der Waals surface area contributed by atoms with E-state index in [1.807, 2.05) is 0 Å². The van der Waals surface area contributed by atoms with Gasteiger partial charge < -0.3 is 14.2 Å². The van der Waals surface area contributed by atoms with Crippen molar-refractivity contribution in [3.05, 3.63) is 59.7 Å². The third kappa shape index (κ3) is 5.99. The topological polar surface area (TPSA) is 128 Å². The van der Waals surface area contributed by atoms with Crippen molar-refractivity contribution in [2.24, 2.45) is 0 Å². The highest BCUT2D eigenvalue weighted by Gasteiger charge is 2.32. The SMILES string of the molecule is COc1ccccc1C(=O)NC(=O)COC(=O)c1ccc(S(=O)(=O)N2CC(C)OC(C)C2)cc1. The number of hydrogen-bond donors (Lipinski definition) is 1. The van der Waals surface area contributed by atoms with E-state index in [-0.39, 0.29) is 41.3 Å². The molecule has 34 heavy (non-hydrogen) atoms. The van der Waals surface area contributed by atoms with E-state index < -0.39 is 34.4 Å². The van der Waals surface area contributed by atoms with Crippen LogP contribution in [0.25, 0.3) is 0 Å². The second-order valence-electron chi connectivity index (χ2n) is 7.76. The molecule has 1 saturated heterocycles. The first-order valence-corrected chi connectivity index (χ1v) is 12.0. The Morgan fingerprint density at radius 3 is 2.26 bits per heavy atom. The zero-order valence-corrected chi connectivity index (χ0v) is 19.8. The first-order chi connectivity index (χ1) is 16.1. The van der Waals surface area contributed by atoms with Gasteiger partial charge in [0.1, 0.15) is 5.75 Å². The van der Waals surface area contributed by atoms with Gasteiger partial charge in [0.2, 0.25) is 10.0 Å². The van der Waals surface area contributed by atoms with Gasteiger partial charge in [-0.1, -0.05) is 12.1 Å². The molecule has 1 heterocycles. The molecule has 3 rings (SSSR count). The summed E-state index contributed by atoms with van der Waals surface area (Å²) in [4.78, 5) is 36.6. The molecular formula is C23H26N2O8S. The van der Waals surface area contributed by atoms with E-state index in [0.29, 0.717) is 5.75 Å². The van der Waals surface area contributed by atoms with Gasteiger partial charge in [0, 0.05) is 13.1 Å². The number of nitrogens with zero attached hydrogens (tertiary/aromatic N) is 1. The smallest absolute Gasteiger partial charge is 0.338 e. The summed E-state index contributed by atoms with van der Waals surface area (Å²) in [6.45, 7) is 3.39. The van der Waals surface area contributed by atoms with Gasteiger partial charge >= 0.3 is 5.97 Å². The molecule has 2 aromatic carbocycles. The molecule has 0 saturated carbocycles. The molecule has 0 radical (unpaired) electrons. The van der Waals surface area contributed by atoms with Gasteiger partial charge in [0.15, 0.2) is 6.61 Å². The monoisotopic (exact) mass is 490 g/mol. The minimum absolute atomic E-state index is 0.0329. The molecule has 1 N–H and O–H groups in total. The van der Waals surface area contributed by atoms with Crippen LogP contribution in [0, 0.1) is 0 Å². The fraction of sp³-hybridized carbons (Fsp3) is 0.348. The summed E-state index contributed by atoms with van der Waals surface area (Å²) in [6, 6.07) is 11.6. The van der Waals surface area contributed by atoms with Crippen molar-refractivity contribution in [1.82, 2.24) is 9.62 Å². The van der Waals surface area contributed by atoms with Crippen LogP contribution in [0.4, 0.5) is 0 Å². The molecule has 0 aromatic heterocycles. The van der Waals surface area contributed by atoms with Crippen LogP contribution in [0.1, 0.15) is 34.6 Å². The maximum atomic E-state index is 12.9. The van der Waals surface area contributed by atoms with Crippen molar-refractivity contribution in [2.75, 3.05) is 26.8 Å². The average Bonchev–Trinajstić information content (AvgIpc) is 2.81. The minimum atomic E-state index is -3.75. The lowest BCUT2D eigenvalue weighted by Crippen LogP contribution is -2.48. The van der Waals surface area contributed by atoms with Crippen LogP contribution in [0.3, 0.4) is 0 Å². The molecule has 2 atom stereocenters. The van der Waals surface area contributed by atoms with Crippen molar-refractivity contribution in [1.29, 1.82) is 0 Å². The first kappa shape index (κ1) is 25.3. The van der Waals surface area contributed by atoms with Crippen LogP contribution in [-0.2, 0) is 24.3 Å². The predicted molar refractivity (Wildman–Crippen MR) is 121 cm³/mol. The number of carbonyl (C=O) groups is 3.